The maximum absolute atomic E-state index is 10.1. The molecule has 17 heavy (non-hydrogen) atoms. The zero-order chi connectivity index (χ0) is 12.4. The van der Waals surface area contributed by atoms with Crippen LogP contribution in [0.2, 0.25) is 0 Å². The van der Waals surface area contributed by atoms with Crippen molar-refractivity contribution in [3.8, 4) is 0 Å². The molecule has 4 nitrogen and oxygen atoms in total. The largest absolute Gasteiger partial charge is 0.387 e. The van der Waals surface area contributed by atoms with Crippen molar-refractivity contribution in [3.63, 3.8) is 0 Å². The minimum Gasteiger partial charge on any atom is -0.387 e. The van der Waals surface area contributed by atoms with Gasteiger partial charge in [0.25, 0.3) is 0 Å². The van der Waals surface area contributed by atoms with Gasteiger partial charge < -0.3 is 5.11 Å². The molecule has 0 bridgehead atoms. The fourth-order valence-electron chi connectivity index (χ4n) is 1.74. The maximum atomic E-state index is 10.1. The van der Waals surface area contributed by atoms with E-state index in [2.05, 4.69) is 26.0 Å². The van der Waals surface area contributed by atoms with Crippen LogP contribution in [0.1, 0.15) is 29.3 Å². The van der Waals surface area contributed by atoms with E-state index in [1.807, 2.05) is 18.5 Å². The molecule has 0 fully saturated rings. The van der Waals surface area contributed by atoms with Crippen LogP contribution in [-0.4, -0.2) is 19.9 Å². The van der Waals surface area contributed by atoms with Gasteiger partial charge in [-0.2, -0.15) is 5.10 Å². The first-order chi connectivity index (χ1) is 8.13. The SMILES string of the molecule is CCn1nc(C)c(Br)c1CC(O)c1cncs1. The molecule has 0 aliphatic carbocycles. The molecule has 6 heteroatoms. The molecule has 1 unspecified atom stereocenters. The van der Waals surface area contributed by atoms with Crippen LogP contribution < -0.4 is 0 Å². The lowest BCUT2D eigenvalue weighted by molar-refractivity contribution is 0.179. The van der Waals surface area contributed by atoms with Gasteiger partial charge in [0.15, 0.2) is 0 Å². The molecule has 2 aromatic heterocycles. The van der Waals surface area contributed by atoms with Crippen molar-refractivity contribution in [2.24, 2.45) is 0 Å². The zero-order valence-corrected chi connectivity index (χ0v) is 12.1. The van der Waals surface area contributed by atoms with Crippen molar-refractivity contribution in [2.45, 2.75) is 32.9 Å². The van der Waals surface area contributed by atoms with Crippen LogP contribution in [0.15, 0.2) is 16.2 Å². The summed E-state index contributed by atoms with van der Waals surface area (Å²) in [5, 5.41) is 14.5. The van der Waals surface area contributed by atoms with Gasteiger partial charge in [-0.3, -0.25) is 9.67 Å². The second-order valence-electron chi connectivity index (χ2n) is 3.79. The fraction of sp³-hybridized carbons (Fsp3) is 0.455. The minimum atomic E-state index is -0.514. The van der Waals surface area contributed by atoms with Gasteiger partial charge in [-0.05, 0) is 29.8 Å². The number of thiazole rings is 1. The predicted octanol–water partition coefficient (Wildman–Crippen LogP) is 2.71. The van der Waals surface area contributed by atoms with E-state index in [4.69, 9.17) is 0 Å². The van der Waals surface area contributed by atoms with E-state index in [1.54, 1.807) is 11.7 Å². The van der Waals surface area contributed by atoms with E-state index >= 15 is 0 Å². The van der Waals surface area contributed by atoms with Crippen molar-refractivity contribution in [1.29, 1.82) is 0 Å². The summed E-state index contributed by atoms with van der Waals surface area (Å²) in [5.41, 5.74) is 3.72. The van der Waals surface area contributed by atoms with Crippen LogP contribution >= 0.6 is 27.3 Å². The molecule has 1 atom stereocenters. The third-order valence-electron chi connectivity index (χ3n) is 2.62. The number of halogens is 1. The molecule has 0 aliphatic heterocycles. The van der Waals surface area contributed by atoms with Crippen LogP contribution in [0.3, 0.4) is 0 Å². The number of nitrogens with zero attached hydrogens (tertiary/aromatic N) is 3. The summed E-state index contributed by atoms with van der Waals surface area (Å²) in [6.07, 6.45) is 1.75. The summed E-state index contributed by atoms with van der Waals surface area (Å²) in [5.74, 6) is 0. The van der Waals surface area contributed by atoms with Gasteiger partial charge in [-0.1, -0.05) is 0 Å². The first kappa shape index (κ1) is 12.7. The van der Waals surface area contributed by atoms with Crippen LogP contribution in [0.25, 0.3) is 0 Å². The zero-order valence-electron chi connectivity index (χ0n) is 9.72. The third kappa shape index (κ3) is 2.59. The topological polar surface area (TPSA) is 50.9 Å². The molecule has 0 amide bonds. The van der Waals surface area contributed by atoms with E-state index < -0.39 is 6.10 Å². The molecule has 0 radical (unpaired) electrons. The molecule has 0 spiro atoms. The summed E-state index contributed by atoms with van der Waals surface area (Å²) in [4.78, 5) is 4.87. The van der Waals surface area contributed by atoms with E-state index in [0.29, 0.717) is 6.42 Å². The Labute approximate surface area is 112 Å². The fourth-order valence-corrected chi connectivity index (χ4v) is 2.79. The molecule has 0 aliphatic rings. The third-order valence-corrected chi connectivity index (χ3v) is 4.53. The molecular weight excluding hydrogens is 302 g/mol. The number of aliphatic hydroxyl groups is 1. The average Bonchev–Trinajstić information content (AvgIpc) is 2.92. The first-order valence-corrected chi connectivity index (χ1v) is 7.09. The van der Waals surface area contributed by atoms with Gasteiger partial charge in [0.05, 0.1) is 32.4 Å². The second kappa shape index (κ2) is 5.29. The number of rotatable bonds is 4. The molecule has 1 N–H and O–H groups in total. The van der Waals surface area contributed by atoms with E-state index in [1.165, 1.54) is 11.3 Å². The average molecular weight is 316 g/mol. The highest BCUT2D eigenvalue weighted by atomic mass is 79.9. The van der Waals surface area contributed by atoms with Gasteiger partial charge in [-0.15, -0.1) is 11.3 Å². The molecule has 2 heterocycles. The molecule has 0 aromatic carbocycles. The number of hydrogen-bond donors (Lipinski definition) is 1. The van der Waals surface area contributed by atoms with Gasteiger partial charge in [0, 0.05) is 19.2 Å². The lowest BCUT2D eigenvalue weighted by Crippen LogP contribution is -2.08. The summed E-state index contributed by atoms with van der Waals surface area (Å²) in [6, 6.07) is 0. The van der Waals surface area contributed by atoms with Crippen molar-refractivity contribution < 1.29 is 5.11 Å². The quantitative estimate of drug-likeness (QED) is 0.943. The van der Waals surface area contributed by atoms with Gasteiger partial charge in [0.1, 0.15) is 0 Å². The highest BCUT2D eigenvalue weighted by molar-refractivity contribution is 9.10. The van der Waals surface area contributed by atoms with Crippen molar-refractivity contribution >= 4 is 27.3 Å². The first-order valence-electron chi connectivity index (χ1n) is 5.41. The Morgan fingerprint density at radius 1 is 1.59 bits per heavy atom. The molecule has 0 saturated heterocycles. The molecule has 92 valence electrons. The Morgan fingerprint density at radius 3 is 2.94 bits per heavy atom. The molecule has 2 rings (SSSR count). The monoisotopic (exact) mass is 315 g/mol. The second-order valence-corrected chi connectivity index (χ2v) is 5.50. The van der Waals surface area contributed by atoms with Gasteiger partial charge in [0.2, 0.25) is 0 Å². The normalized spacial score (nSPS) is 12.9. The van der Waals surface area contributed by atoms with E-state index in [9.17, 15) is 5.11 Å². The standard InChI is InChI=1S/C11H14BrN3OS/c1-3-15-8(11(12)7(2)14-15)4-9(16)10-5-13-6-17-10/h5-6,9,16H,3-4H2,1-2H3. The van der Waals surface area contributed by atoms with Crippen molar-refractivity contribution in [2.75, 3.05) is 0 Å². The minimum absolute atomic E-state index is 0.514. The van der Waals surface area contributed by atoms with Crippen LogP contribution in [-0.2, 0) is 13.0 Å². The number of aryl methyl sites for hydroxylation is 2. The summed E-state index contributed by atoms with van der Waals surface area (Å²) in [6.45, 7) is 4.80. The Morgan fingerprint density at radius 2 is 2.35 bits per heavy atom. The number of hydrogen-bond acceptors (Lipinski definition) is 4. The van der Waals surface area contributed by atoms with Crippen molar-refractivity contribution in [1.82, 2.24) is 14.8 Å². The lowest BCUT2D eigenvalue weighted by atomic mass is 10.1. The Kier molecular flexibility index (Phi) is 3.96. The molecular formula is C11H14BrN3OS. The van der Waals surface area contributed by atoms with E-state index in [-0.39, 0.29) is 0 Å². The highest BCUT2D eigenvalue weighted by Crippen LogP contribution is 2.27. The summed E-state index contributed by atoms with van der Waals surface area (Å²) >= 11 is 5.00. The predicted molar refractivity (Wildman–Crippen MR) is 71.1 cm³/mol. The van der Waals surface area contributed by atoms with E-state index in [0.717, 1.165) is 27.3 Å². The smallest absolute Gasteiger partial charge is 0.0953 e. The van der Waals surface area contributed by atoms with Gasteiger partial charge >= 0.3 is 0 Å². The number of aromatic nitrogens is 3. The Balaban J connectivity index is 2.24. The molecule has 0 saturated carbocycles. The molecule has 2 aromatic rings. The van der Waals surface area contributed by atoms with Crippen molar-refractivity contribution in [3.05, 3.63) is 32.4 Å². The highest BCUT2D eigenvalue weighted by Gasteiger charge is 2.18. The van der Waals surface area contributed by atoms with Gasteiger partial charge in [-0.25, -0.2) is 0 Å². The lowest BCUT2D eigenvalue weighted by Gasteiger charge is -2.10. The summed E-state index contributed by atoms with van der Waals surface area (Å²) in [7, 11) is 0. The summed E-state index contributed by atoms with van der Waals surface area (Å²) < 4.78 is 2.91. The van der Waals surface area contributed by atoms with Crippen LogP contribution in [0.4, 0.5) is 0 Å². The Bertz CT molecular complexity index is 495. The van der Waals surface area contributed by atoms with Crippen LogP contribution in [0.5, 0.6) is 0 Å². The maximum Gasteiger partial charge on any atom is 0.0953 e. The number of aliphatic hydroxyl groups excluding tert-OH is 1. The Hall–Kier alpha value is -0.720. The van der Waals surface area contributed by atoms with Crippen LogP contribution in [0, 0.1) is 6.92 Å².